The molecule has 0 spiro atoms. The third kappa shape index (κ3) is 5.25. The second kappa shape index (κ2) is 9.83. The van der Waals surface area contributed by atoms with Crippen LogP contribution in [0.1, 0.15) is 76.6 Å². The summed E-state index contributed by atoms with van der Waals surface area (Å²) < 4.78 is 70.2. The topological polar surface area (TPSA) is 32.6 Å². The lowest BCUT2D eigenvalue weighted by Gasteiger charge is -2.28. The minimum absolute atomic E-state index is 0.0840. The van der Waals surface area contributed by atoms with E-state index in [0.29, 0.717) is 18.4 Å². The second-order valence-corrected chi connectivity index (χ2v) is 11.3. The molecule has 2 nitrogen and oxygen atoms in total. The number of nitrogens with zero attached hydrogens (tertiary/aromatic N) is 1. The molecule has 0 bridgehead atoms. The molecular formula is C29H32F5NO. The number of benzene rings is 2. The molecule has 1 aliphatic carbocycles. The van der Waals surface area contributed by atoms with E-state index in [0.717, 1.165) is 11.1 Å². The van der Waals surface area contributed by atoms with Gasteiger partial charge in [-0.1, -0.05) is 66.3 Å². The van der Waals surface area contributed by atoms with Crippen molar-refractivity contribution < 1.29 is 27.1 Å². The van der Waals surface area contributed by atoms with Crippen molar-refractivity contribution in [1.82, 2.24) is 0 Å². The Kier molecular flexibility index (Phi) is 7.54. The molecule has 0 amide bonds. The minimum Gasteiger partial charge on any atom is -0.507 e. The Hall–Kier alpha value is -2.96. The van der Waals surface area contributed by atoms with Crippen LogP contribution in [0.2, 0.25) is 0 Å². The first-order chi connectivity index (χ1) is 16.6. The molecule has 194 valence electrons. The number of halogens is 5. The highest BCUT2D eigenvalue weighted by Gasteiger charge is 2.32. The van der Waals surface area contributed by atoms with E-state index in [-0.39, 0.29) is 22.2 Å². The smallest absolute Gasteiger partial charge is 0.200 e. The van der Waals surface area contributed by atoms with Crippen molar-refractivity contribution in [2.24, 2.45) is 10.9 Å². The van der Waals surface area contributed by atoms with Crippen molar-refractivity contribution in [1.29, 1.82) is 0 Å². The number of phenolic OH excluding ortho intramolecular Hbond substituents is 1. The third-order valence-corrected chi connectivity index (χ3v) is 6.54. The van der Waals surface area contributed by atoms with E-state index in [2.05, 4.69) is 32.3 Å². The van der Waals surface area contributed by atoms with Crippen molar-refractivity contribution in [3.05, 3.63) is 82.2 Å². The van der Waals surface area contributed by atoms with Crippen LogP contribution < -0.4 is 0 Å². The molecule has 2 unspecified atom stereocenters. The highest BCUT2D eigenvalue weighted by molar-refractivity contribution is 5.85. The van der Waals surface area contributed by atoms with Gasteiger partial charge in [0, 0.05) is 23.3 Å². The number of aliphatic imine (C=N–C) groups is 1. The van der Waals surface area contributed by atoms with Gasteiger partial charge in [0.2, 0.25) is 5.82 Å². The first-order valence-electron chi connectivity index (χ1n) is 11.8. The maximum atomic E-state index is 14.5. The highest BCUT2D eigenvalue weighted by atomic mass is 19.2. The zero-order valence-electron chi connectivity index (χ0n) is 21.4. The minimum atomic E-state index is -2.21. The molecule has 0 radical (unpaired) electrons. The van der Waals surface area contributed by atoms with Gasteiger partial charge in [-0.2, -0.15) is 0 Å². The predicted octanol–water partition coefficient (Wildman–Crippen LogP) is 8.15. The SMILES string of the molecule is C=C(c1c(F)c(F)c(F)c(F)c1F)C1C=CCCC1N=Cc1cc(C(C)(C)C)cc(C(C)(C)C)c1O. The van der Waals surface area contributed by atoms with Crippen LogP contribution in [0.3, 0.4) is 0 Å². The number of rotatable bonds is 4. The highest BCUT2D eigenvalue weighted by Crippen LogP contribution is 2.39. The van der Waals surface area contributed by atoms with Crippen molar-refractivity contribution in [2.45, 2.75) is 71.3 Å². The molecule has 0 aromatic heterocycles. The molecule has 2 aromatic rings. The summed E-state index contributed by atoms with van der Waals surface area (Å²) in [5, 5.41) is 11.0. The summed E-state index contributed by atoms with van der Waals surface area (Å²) in [6.07, 6.45) is 5.99. The summed E-state index contributed by atoms with van der Waals surface area (Å²) in [4.78, 5) is 4.61. The number of hydrogen-bond donors (Lipinski definition) is 1. The molecule has 0 saturated heterocycles. The van der Waals surface area contributed by atoms with Gasteiger partial charge in [0.15, 0.2) is 23.3 Å². The lowest BCUT2D eigenvalue weighted by atomic mass is 9.79. The molecule has 0 aliphatic heterocycles. The van der Waals surface area contributed by atoms with Crippen LogP contribution in [0.15, 0.2) is 35.9 Å². The standard InChI is InChI=1S/C29H32F5NO/c1-15(21-22(30)24(32)26(34)25(33)23(21)31)18-10-8-9-11-20(18)35-14-16-12-17(28(2,3)4)13-19(27(16)36)29(5,6)7/h8,10,12-14,18,20,36H,1,9,11H2,2-7H3. The first kappa shape index (κ1) is 27.6. The van der Waals surface area contributed by atoms with Crippen molar-refractivity contribution in [2.75, 3.05) is 0 Å². The molecule has 0 heterocycles. The summed E-state index contributed by atoms with van der Waals surface area (Å²) >= 11 is 0. The van der Waals surface area contributed by atoms with Gasteiger partial charge in [-0.05, 0) is 40.9 Å². The van der Waals surface area contributed by atoms with E-state index >= 15 is 0 Å². The van der Waals surface area contributed by atoms with E-state index in [4.69, 9.17) is 0 Å². The molecule has 2 atom stereocenters. The van der Waals surface area contributed by atoms with Gasteiger partial charge in [0.1, 0.15) is 5.75 Å². The summed E-state index contributed by atoms with van der Waals surface area (Å²) in [5.74, 6) is -10.8. The van der Waals surface area contributed by atoms with Gasteiger partial charge in [0.25, 0.3) is 0 Å². The number of allylic oxidation sites excluding steroid dienone is 1. The van der Waals surface area contributed by atoms with Crippen LogP contribution in [0, 0.1) is 35.0 Å². The molecule has 1 aliphatic rings. The van der Waals surface area contributed by atoms with E-state index in [1.807, 2.05) is 32.9 Å². The van der Waals surface area contributed by atoms with Crippen molar-refractivity contribution in [3.63, 3.8) is 0 Å². The van der Waals surface area contributed by atoms with Gasteiger partial charge in [0.05, 0.1) is 11.6 Å². The normalized spacial score (nSPS) is 18.8. The number of hydrogen-bond acceptors (Lipinski definition) is 2. The molecule has 7 heteroatoms. The fourth-order valence-corrected chi connectivity index (χ4v) is 4.32. The van der Waals surface area contributed by atoms with Crippen LogP contribution in [-0.4, -0.2) is 17.4 Å². The largest absolute Gasteiger partial charge is 0.507 e. The van der Waals surface area contributed by atoms with Crippen LogP contribution in [-0.2, 0) is 10.8 Å². The Bertz CT molecular complexity index is 1220. The third-order valence-electron chi connectivity index (χ3n) is 6.54. The van der Waals surface area contributed by atoms with Gasteiger partial charge in [-0.15, -0.1) is 0 Å². The maximum absolute atomic E-state index is 14.5. The summed E-state index contributed by atoms with van der Waals surface area (Å²) in [7, 11) is 0. The van der Waals surface area contributed by atoms with Crippen molar-refractivity contribution >= 4 is 11.8 Å². The molecule has 36 heavy (non-hydrogen) atoms. The summed E-state index contributed by atoms with van der Waals surface area (Å²) in [6, 6.07) is 3.25. The van der Waals surface area contributed by atoms with Gasteiger partial charge in [-0.25, -0.2) is 22.0 Å². The molecule has 3 rings (SSSR count). The molecule has 2 aromatic carbocycles. The maximum Gasteiger partial charge on any atom is 0.200 e. The van der Waals surface area contributed by atoms with Crippen molar-refractivity contribution in [3.8, 4) is 5.75 Å². The predicted molar refractivity (Wildman–Crippen MR) is 134 cm³/mol. The fraction of sp³-hybridized carbons (Fsp3) is 0.414. The lowest BCUT2D eigenvalue weighted by Crippen LogP contribution is -2.23. The van der Waals surface area contributed by atoms with Crippen LogP contribution >= 0.6 is 0 Å². The zero-order valence-corrected chi connectivity index (χ0v) is 21.4. The molecule has 0 saturated carbocycles. The quantitative estimate of drug-likeness (QED) is 0.147. The lowest BCUT2D eigenvalue weighted by molar-refractivity contribution is 0.375. The van der Waals surface area contributed by atoms with E-state index < -0.39 is 46.6 Å². The Labute approximate surface area is 209 Å². The fourth-order valence-electron chi connectivity index (χ4n) is 4.32. The zero-order chi connectivity index (χ0) is 27.2. The Morgan fingerprint density at radius 2 is 1.47 bits per heavy atom. The monoisotopic (exact) mass is 505 g/mol. The van der Waals surface area contributed by atoms with Crippen LogP contribution in [0.4, 0.5) is 22.0 Å². The summed E-state index contributed by atoms with van der Waals surface area (Å²) in [6.45, 7) is 15.8. The van der Waals surface area contributed by atoms with Gasteiger partial charge in [-0.3, -0.25) is 4.99 Å². The van der Waals surface area contributed by atoms with E-state index in [1.54, 1.807) is 12.2 Å². The van der Waals surface area contributed by atoms with Crippen LogP contribution in [0.25, 0.3) is 5.57 Å². The van der Waals surface area contributed by atoms with Gasteiger partial charge >= 0.3 is 0 Å². The Morgan fingerprint density at radius 1 is 0.917 bits per heavy atom. The van der Waals surface area contributed by atoms with E-state index in [1.165, 1.54) is 6.21 Å². The molecule has 0 fully saturated rings. The summed E-state index contributed by atoms with van der Waals surface area (Å²) in [5.41, 5.74) is 0.415. The average molecular weight is 506 g/mol. The number of phenols is 1. The van der Waals surface area contributed by atoms with E-state index in [9.17, 15) is 27.1 Å². The first-order valence-corrected chi connectivity index (χ1v) is 11.8. The van der Waals surface area contributed by atoms with Crippen LogP contribution in [0.5, 0.6) is 5.75 Å². The van der Waals surface area contributed by atoms with Gasteiger partial charge < -0.3 is 5.11 Å². The average Bonchev–Trinajstić information content (AvgIpc) is 2.79. The Balaban J connectivity index is 2.06. The molecular weight excluding hydrogens is 473 g/mol. The Morgan fingerprint density at radius 3 is 2.00 bits per heavy atom. The molecule has 1 N–H and O–H groups in total. The second-order valence-electron chi connectivity index (χ2n) is 11.3. The number of aromatic hydroxyl groups is 1.